The minimum absolute atomic E-state index is 0.0451. The van der Waals surface area contributed by atoms with Crippen LogP contribution in [0.5, 0.6) is 5.75 Å². The van der Waals surface area contributed by atoms with Gasteiger partial charge in [-0.15, -0.1) is 0 Å². The molecule has 0 aliphatic carbocycles. The van der Waals surface area contributed by atoms with E-state index in [2.05, 4.69) is 17.0 Å². The van der Waals surface area contributed by atoms with E-state index in [0.29, 0.717) is 6.54 Å². The number of carbonyl (C=O) groups is 1. The van der Waals surface area contributed by atoms with Gasteiger partial charge in [0.1, 0.15) is 5.75 Å². The molecule has 0 bridgehead atoms. The molecule has 1 aromatic carbocycles. The fourth-order valence-electron chi connectivity index (χ4n) is 2.85. The zero-order valence-corrected chi connectivity index (χ0v) is 14.1. The predicted octanol–water partition coefficient (Wildman–Crippen LogP) is 3.10. The Balaban J connectivity index is 1.85. The number of rotatable bonds is 7. The molecule has 0 N–H and O–H groups in total. The maximum atomic E-state index is 12.9. The molecule has 0 fully saturated rings. The van der Waals surface area contributed by atoms with Gasteiger partial charge in [0.2, 0.25) is 0 Å². The molecule has 1 aromatic heterocycles. The van der Waals surface area contributed by atoms with Crippen LogP contribution in [0.3, 0.4) is 0 Å². The van der Waals surface area contributed by atoms with Gasteiger partial charge in [0, 0.05) is 12.4 Å². The smallest absolute Gasteiger partial charge is 0.256 e. The second-order valence-corrected chi connectivity index (χ2v) is 5.87. The highest BCUT2D eigenvalue weighted by Crippen LogP contribution is 2.28. The lowest BCUT2D eigenvalue weighted by Crippen LogP contribution is -2.28. The van der Waals surface area contributed by atoms with Crippen LogP contribution >= 0.6 is 0 Å². The number of ether oxygens (including phenoxy) is 1. The molecule has 0 saturated carbocycles. The summed E-state index contributed by atoms with van der Waals surface area (Å²) in [6.45, 7) is 2.72. The maximum Gasteiger partial charge on any atom is 0.256 e. The number of imidazole rings is 1. The monoisotopic (exact) mass is 326 g/mol. The van der Waals surface area contributed by atoms with Gasteiger partial charge >= 0.3 is 0 Å². The molecule has 24 heavy (non-hydrogen) atoms. The van der Waals surface area contributed by atoms with Gasteiger partial charge in [-0.05, 0) is 30.7 Å². The van der Waals surface area contributed by atoms with E-state index in [4.69, 9.17) is 4.74 Å². The molecule has 1 unspecified atom stereocenters. The Bertz CT molecular complexity index is 707. The highest BCUT2D eigenvalue weighted by Gasteiger charge is 2.36. The van der Waals surface area contributed by atoms with E-state index >= 15 is 0 Å². The summed E-state index contributed by atoms with van der Waals surface area (Å²) in [5, 5.41) is 6.13. The second kappa shape index (κ2) is 7.29. The van der Waals surface area contributed by atoms with Crippen molar-refractivity contribution in [3.63, 3.8) is 0 Å². The molecule has 0 spiro atoms. The molecule has 3 rings (SSSR count). The standard InChI is InChI=1S/C18H22N4O2/c1-3-4-5-16-17(12-21-11-10-19-13-21)20-22(18(16)23)14-6-8-15(24-2)9-7-14/h6-11,13,16H,3-5,12H2,1-2H3. The van der Waals surface area contributed by atoms with Crippen LogP contribution in [0.2, 0.25) is 0 Å². The molecular formula is C18H22N4O2. The first-order valence-electron chi connectivity index (χ1n) is 8.24. The van der Waals surface area contributed by atoms with Crippen molar-refractivity contribution in [2.75, 3.05) is 12.1 Å². The number of unbranched alkanes of at least 4 members (excludes halogenated alkanes) is 1. The minimum atomic E-state index is -0.158. The van der Waals surface area contributed by atoms with Crippen molar-refractivity contribution in [1.82, 2.24) is 9.55 Å². The first kappa shape index (κ1) is 16.2. The van der Waals surface area contributed by atoms with Gasteiger partial charge in [-0.25, -0.2) is 9.99 Å². The van der Waals surface area contributed by atoms with Crippen LogP contribution in [0.15, 0.2) is 48.1 Å². The number of hydrazone groups is 1. The number of amides is 1. The summed E-state index contributed by atoms with van der Waals surface area (Å²) < 4.78 is 7.12. The van der Waals surface area contributed by atoms with Crippen LogP contribution in [-0.2, 0) is 11.3 Å². The predicted molar refractivity (Wildman–Crippen MR) is 93.2 cm³/mol. The third-order valence-corrected chi connectivity index (χ3v) is 4.20. The average molecular weight is 326 g/mol. The summed E-state index contributed by atoms with van der Waals surface area (Å²) >= 11 is 0. The largest absolute Gasteiger partial charge is 0.497 e. The van der Waals surface area contributed by atoms with Gasteiger partial charge in [0.15, 0.2) is 0 Å². The van der Waals surface area contributed by atoms with E-state index in [1.807, 2.05) is 35.0 Å². The van der Waals surface area contributed by atoms with Gasteiger partial charge < -0.3 is 9.30 Å². The highest BCUT2D eigenvalue weighted by atomic mass is 16.5. The molecule has 126 valence electrons. The molecule has 1 aliphatic heterocycles. The fourth-order valence-corrected chi connectivity index (χ4v) is 2.85. The lowest BCUT2D eigenvalue weighted by atomic mass is 9.96. The number of benzene rings is 1. The summed E-state index contributed by atoms with van der Waals surface area (Å²) in [7, 11) is 1.62. The molecular weight excluding hydrogens is 304 g/mol. The van der Waals surface area contributed by atoms with E-state index in [0.717, 1.165) is 36.4 Å². The fraction of sp³-hybridized carbons (Fsp3) is 0.389. The Morgan fingerprint density at radius 1 is 1.25 bits per heavy atom. The van der Waals surface area contributed by atoms with Crippen LogP contribution in [0.4, 0.5) is 5.69 Å². The number of anilines is 1. The molecule has 1 aliphatic rings. The van der Waals surface area contributed by atoms with Crippen molar-refractivity contribution in [2.45, 2.75) is 32.7 Å². The summed E-state index contributed by atoms with van der Waals surface area (Å²) in [5.41, 5.74) is 1.66. The third kappa shape index (κ3) is 3.32. The Labute approximate surface area is 141 Å². The zero-order valence-electron chi connectivity index (χ0n) is 14.1. The number of methoxy groups -OCH3 is 1. The number of hydrogen-bond donors (Lipinski definition) is 0. The van der Waals surface area contributed by atoms with Gasteiger partial charge in [0.05, 0.1) is 37.3 Å². The maximum absolute atomic E-state index is 12.9. The lowest BCUT2D eigenvalue weighted by molar-refractivity contribution is -0.119. The molecule has 2 aromatic rings. The number of carbonyl (C=O) groups excluding carboxylic acids is 1. The third-order valence-electron chi connectivity index (χ3n) is 4.20. The summed E-state index contributed by atoms with van der Waals surface area (Å²) in [6, 6.07) is 7.40. The zero-order chi connectivity index (χ0) is 16.9. The van der Waals surface area contributed by atoms with Crippen molar-refractivity contribution in [1.29, 1.82) is 0 Å². The number of hydrogen-bond acceptors (Lipinski definition) is 4. The molecule has 6 nitrogen and oxygen atoms in total. The van der Waals surface area contributed by atoms with E-state index in [-0.39, 0.29) is 11.8 Å². The SMILES string of the molecule is CCCCC1C(=O)N(c2ccc(OC)cc2)N=C1Cn1ccnc1. The van der Waals surface area contributed by atoms with E-state index in [9.17, 15) is 4.79 Å². The van der Waals surface area contributed by atoms with Crippen molar-refractivity contribution in [2.24, 2.45) is 11.0 Å². The van der Waals surface area contributed by atoms with Crippen molar-refractivity contribution >= 4 is 17.3 Å². The molecule has 1 amide bonds. The van der Waals surface area contributed by atoms with Crippen molar-refractivity contribution in [3.8, 4) is 5.75 Å². The first-order chi connectivity index (χ1) is 11.7. The van der Waals surface area contributed by atoms with E-state index < -0.39 is 0 Å². The second-order valence-electron chi connectivity index (χ2n) is 5.87. The van der Waals surface area contributed by atoms with Crippen LogP contribution < -0.4 is 9.75 Å². The van der Waals surface area contributed by atoms with Gasteiger partial charge in [-0.2, -0.15) is 5.10 Å². The van der Waals surface area contributed by atoms with Gasteiger partial charge in [-0.3, -0.25) is 4.79 Å². The molecule has 0 radical (unpaired) electrons. The van der Waals surface area contributed by atoms with Crippen LogP contribution in [0.1, 0.15) is 26.2 Å². The summed E-state index contributed by atoms with van der Waals surface area (Å²) in [4.78, 5) is 16.9. The van der Waals surface area contributed by atoms with Crippen LogP contribution in [0.25, 0.3) is 0 Å². The minimum Gasteiger partial charge on any atom is -0.497 e. The first-order valence-corrected chi connectivity index (χ1v) is 8.24. The molecule has 0 saturated heterocycles. The number of aromatic nitrogens is 2. The highest BCUT2D eigenvalue weighted by molar-refractivity contribution is 6.15. The van der Waals surface area contributed by atoms with Gasteiger partial charge in [0.25, 0.3) is 5.91 Å². The van der Waals surface area contributed by atoms with Crippen LogP contribution in [0, 0.1) is 5.92 Å². The van der Waals surface area contributed by atoms with Crippen molar-refractivity contribution < 1.29 is 9.53 Å². The quantitative estimate of drug-likeness (QED) is 0.785. The average Bonchev–Trinajstić information content (AvgIpc) is 3.22. The number of nitrogens with zero attached hydrogens (tertiary/aromatic N) is 4. The Morgan fingerprint density at radius 3 is 2.67 bits per heavy atom. The summed E-state index contributed by atoms with van der Waals surface area (Å²) in [5.74, 6) is 0.647. The van der Waals surface area contributed by atoms with Gasteiger partial charge in [-0.1, -0.05) is 19.8 Å². The summed E-state index contributed by atoms with van der Waals surface area (Å²) in [6.07, 6.45) is 8.27. The van der Waals surface area contributed by atoms with Crippen molar-refractivity contribution in [3.05, 3.63) is 43.0 Å². The normalized spacial score (nSPS) is 17.2. The molecule has 1 atom stereocenters. The Kier molecular flexibility index (Phi) is 4.93. The Hall–Kier alpha value is -2.63. The topological polar surface area (TPSA) is 59.7 Å². The van der Waals surface area contributed by atoms with Crippen LogP contribution in [-0.4, -0.2) is 28.3 Å². The molecule has 6 heteroatoms. The van der Waals surface area contributed by atoms with E-state index in [1.54, 1.807) is 19.6 Å². The Morgan fingerprint density at radius 2 is 2.04 bits per heavy atom. The van der Waals surface area contributed by atoms with E-state index in [1.165, 1.54) is 5.01 Å². The molecule has 2 heterocycles. The lowest BCUT2D eigenvalue weighted by Gasteiger charge is -2.14.